The van der Waals surface area contributed by atoms with Gasteiger partial charge in [0.1, 0.15) is 6.61 Å². The first kappa shape index (κ1) is 18.3. The Labute approximate surface area is 144 Å². The Morgan fingerprint density at radius 3 is 2.62 bits per heavy atom. The van der Waals surface area contributed by atoms with E-state index in [1.165, 1.54) is 11.1 Å². The SMILES string of the molecule is CCOc1cc(CNCCCO)ccc1OCc1ccccc1C. The van der Waals surface area contributed by atoms with Gasteiger partial charge in [0.15, 0.2) is 11.5 Å². The van der Waals surface area contributed by atoms with Crippen molar-refractivity contribution in [1.82, 2.24) is 5.32 Å². The van der Waals surface area contributed by atoms with Crippen molar-refractivity contribution in [1.29, 1.82) is 0 Å². The fraction of sp³-hybridized carbons (Fsp3) is 0.400. The molecule has 0 radical (unpaired) electrons. The predicted octanol–water partition coefficient (Wildman–Crippen LogP) is 3.44. The number of aryl methyl sites for hydroxylation is 1. The van der Waals surface area contributed by atoms with Crippen LogP contribution < -0.4 is 14.8 Å². The number of hydrogen-bond acceptors (Lipinski definition) is 4. The molecule has 2 aromatic carbocycles. The van der Waals surface area contributed by atoms with E-state index < -0.39 is 0 Å². The zero-order valence-electron chi connectivity index (χ0n) is 14.5. The monoisotopic (exact) mass is 329 g/mol. The third-order valence-corrected chi connectivity index (χ3v) is 3.79. The van der Waals surface area contributed by atoms with Gasteiger partial charge >= 0.3 is 0 Å². The van der Waals surface area contributed by atoms with Crippen molar-refractivity contribution in [2.24, 2.45) is 0 Å². The van der Waals surface area contributed by atoms with E-state index in [0.29, 0.717) is 13.2 Å². The summed E-state index contributed by atoms with van der Waals surface area (Å²) in [5.74, 6) is 1.53. The van der Waals surface area contributed by atoms with Crippen molar-refractivity contribution in [3.8, 4) is 11.5 Å². The molecule has 0 fully saturated rings. The minimum atomic E-state index is 0.211. The second kappa shape index (κ2) is 9.96. The normalized spacial score (nSPS) is 10.6. The van der Waals surface area contributed by atoms with Crippen LogP contribution in [0.15, 0.2) is 42.5 Å². The molecule has 0 heterocycles. The van der Waals surface area contributed by atoms with E-state index in [1.807, 2.05) is 37.3 Å². The molecule has 2 aromatic rings. The maximum absolute atomic E-state index is 8.81. The van der Waals surface area contributed by atoms with Crippen LogP contribution in [0.1, 0.15) is 30.0 Å². The lowest BCUT2D eigenvalue weighted by molar-refractivity contribution is 0.268. The van der Waals surface area contributed by atoms with Gasteiger partial charge in [0.2, 0.25) is 0 Å². The Morgan fingerprint density at radius 1 is 1.04 bits per heavy atom. The molecule has 0 aliphatic rings. The highest BCUT2D eigenvalue weighted by molar-refractivity contribution is 5.43. The summed E-state index contributed by atoms with van der Waals surface area (Å²) in [4.78, 5) is 0. The molecule has 0 atom stereocenters. The standard InChI is InChI=1S/C20H27NO3/c1-3-23-20-13-17(14-21-11-6-12-22)9-10-19(20)24-15-18-8-5-4-7-16(18)2/h4-5,7-10,13,21-22H,3,6,11-12,14-15H2,1-2H3. The van der Waals surface area contributed by atoms with Crippen molar-refractivity contribution in [2.75, 3.05) is 19.8 Å². The molecule has 0 saturated heterocycles. The van der Waals surface area contributed by atoms with Gasteiger partial charge < -0.3 is 19.9 Å². The van der Waals surface area contributed by atoms with E-state index in [2.05, 4.69) is 24.4 Å². The minimum absolute atomic E-state index is 0.211. The van der Waals surface area contributed by atoms with Gasteiger partial charge in [-0.3, -0.25) is 0 Å². The topological polar surface area (TPSA) is 50.7 Å². The summed E-state index contributed by atoms with van der Waals surface area (Å²) >= 11 is 0. The second-order valence-electron chi connectivity index (χ2n) is 5.68. The lowest BCUT2D eigenvalue weighted by Gasteiger charge is -2.14. The molecule has 4 nitrogen and oxygen atoms in total. The number of hydrogen-bond donors (Lipinski definition) is 2. The van der Waals surface area contributed by atoms with Crippen molar-refractivity contribution < 1.29 is 14.6 Å². The van der Waals surface area contributed by atoms with Gasteiger partial charge in [-0.15, -0.1) is 0 Å². The molecule has 0 aliphatic heterocycles. The highest BCUT2D eigenvalue weighted by atomic mass is 16.5. The number of rotatable bonds is 10. The molecular formula is C20H27NO3. The van der Waals surface area contributed by atoms with E-state index in [4.69, 9.17) is 14.6 Å². The first-order valence-corrected chi connectivity index (χ1v) is 8.49. The molecule has 24 heavy (non-hydrogen) atoms. The van der Waals surface area contributed by atoms with Crippen LogP contribution in [0.3, 0.4) is 0 Å². The predicted molar refractivity (Wildman–Crippen MR) is 96.5 cm³/mol. The minimum Gasteiger partial charge on any atom is -0.490 e. The second-order valence-corrected chi connectivity index (χ2v) is 5.68. The molecule has 0 aromatic heterocycles. The Hall–Kier alpha value is -2.04. The van der Waals surface area contributed by atoms with Gasteiger partial charge in [-0.05, 0) is 55.6 Å². The van der Waals surface area contributed by atoms with Crippen molar-refractivity contribution in [3.63, 3.8) is 0 Å². The fourth-order valence-electron chi connectivity index (χ4n) is 2.41. The molecule has 0 saturated carbocycles. The summed E-state index contributed by atoms with van der Waals surface area (Å²) in [6.45, 7) is 6.94. The van der Waals surface area contributed by atoms with E-state index in [9.17, 15) is 0 Å². The van der Waals surface area contributed by atoms with Crippen LogP contribution in [-0.2, 0) is 13.2 Å². The maximum Gasteiger partial charge on any atom is 0.161 e. The summed E-state index contributed by atoms with van der Waals surface area (Å²) in [5.41, 5.74) is 3.54. The summed E-state index contributed by atoms with van der Waals surface area (Å²) < 4.78 is 11.7. The van der Waals surface area contributed by atoms with Gasteiger partial charge in [0.25, 0.3) is 0 Å². The lowest BCUT2D eigenvalue weighted by atomic mass is 10.1. The van der Waals surface area contributed by atoms with Crippen molar-refractivity contribution in [3.05, 3.63) is 59.2 Å². The fourth-order valence-corrected chi connectivity index (χ4v) is 2.41. The summed E-state index contributed by atoms with van der Waals surface area (Å²) in [6.07, 6.45) is 0.760. The molecular weight excluding hydrogens is 302 g/mol. The molecule has 0 aliphatic carbocycles. The van der Waals surface area contributed by atoms with Crippen LogP contribution in [0.25, 0.3) is 0 Å². The largest absolute Gasteiger partial charge is 0.490 e. The van der Waals surface area contributed by atoms with Gasteiger partial charge in [-0.2, -0.15) is 0 Å². The van der Waals surface area contributed by atoms with Crippen molar-refractivity contribution >= 4 is 0 Å². The van der Waals surface area contributed by atoms with Crippen LogP contribution in [-0.4, -0.2) is 24.9 Å². The maximum atomic E-state index is 8.81. The van der Waals surface area contributed by atoms with E-state index in [0.717, 1.165) is 36.6 Å². The summed E-state index contributed by atoms with van der Waals surface area (Å²) in [6, 6.07) is 14.2. The molecule has 0 amide bonds. The molecule has 0 bridgehead atoms. The number of benzene rings is 2. The van der Waals surface area contributed by atoms with E-state index >= 15 is 0 Å². The van der Waals surface area contributed by atoms with Crippen LogP contribution in [0.4, 0.5) is 0 Å². The highest BCUT2D eigenvalue weighted by Crippen LogP contribution is 2.29. The smallest absolute Gasteiger partial charge is 0.161 e. The van der Waals surface area contributed by atoms with Crippen LogP contribution in [0.5, 0.6) is 11.5 Å². The van der Waals surface area contributed by atoms with Gasteiger partial charge in [-0.1, -0.05) is 30.3 Å². The molecule has 2 N–H and O–H groups in total. The molecule has 0 spiro atoms. The first-order chi connectivity index (χ1) is 11.7. The molecule has 2 rings (SSSR count). The van der Waals surface area contributed by atoms with Crippen molar-refractivity contribution in [2.45, 2.75) is 33.4 Å². The summed E-state index contributed by atoms with van der Waals surface area (Å²) in [7, 11) is 0. The highest BCUT2D eigenvalue weighted by Gasteiger charge is 2.08. The Balaban J connectivity index is 2.01. The van der Waals surface area contributed by atoms with E-state index in [-0.39, 0.29) is 6.61 Å². The third-order valence-electron chi connectivity index (χ3n) is 3.79. The number of nitrogens with one attached hydrogen (secondary N) is 1. The average molecular weight is 329 g/mol. The summed E-state index contributed by atoms with van der Waals surface area (Å²) in [5, 5.41) is 12.1. The number of aliphatic hydroxyl groups is 1. The Kier molecular flexibility index (Phi) is 7.59. The van der Waals surface area contributed by atoms with Gasteiger partial charge in [0, 0.05) is 13.2 Å². The van der Waals surface area contributed by atoms with E-state index in [1.54, 1.807) is 0 Å². The van der Waals surface area contributed by atoms with Crippen LogP contribution in [0.2, 0.25) is 0 Å². The Morgan fingerprint density at radius 2 is 1.88 bits per heavy atom. The third kappa shape index (κ3) is 5.55. The van der Waals surface area contributed by atoms with Gasteiger partial charge in [-0.25, -0.2) is 0 Å². The van der Waals surface area contributed by atoms with Crippen LogP contribution in [0, 0.1) is 6.92 Å². The lowest BCUT2D eigenvalue weighted by Crippen LogP contribution is -2.15. The number of aliphatic hydroxyl groups excluding tert-OH is 1. The van der Waals surface area contributed by atoms with Gasteiger partial charge in [0.05, 0.1) is 6.61 Å². The Bertz CT molecular complexity index is 628. The average Bonchev–Trinajstić information content (AvgIpc) is 2.59. The molecule has 130 valence electrons. The molecule has 0 unspecified atom stereocenters. The zero-order valence-corrected chi connectivity index (χ0v) is 14.5. The molecule has 4 heteroatoms. The zero-order chi connectivity index (χ0) is 17.2. The van der Waals surface area contributed by atoms with Crippen LogP contribution >= 0.6 is 0 Å². The first-order valence-electron chi connectivity index (χ1n) is 8.49. The number of ether oxygens (including phenoxy) is 2. The quantitative estimate of drug-likeness (QED) is 0.656.